The van der Waals surface area contributed by atoms with Crippen LogP contribution in [0.5, 0.6) is 11.5 Å². The zero-order chi connectivity index (χ0) is 22.6. The normalized spacial score (nSPS) is 18.3. The average Bonchev–Trinajstić information content (AvgIpc) is 3.31. The van der Waals surface area contributed by atoms with Gasteiger partial charge in [-0.1, -0.05) is 13.0 Å². The molecule has 2 fully saturated rings. The fourth-order valence-electron chi connectivity index (χ4n) is 4.54. The number of ether oxygens (including phenoxy) is 2. The van der Waals surface area contributed by atoms with E-state index in [2.05, 4.69) is 33.4 Å². The molecule has 8 nitrogen and oxygen atoms in total. The van der Waals surface area contributed by atoms with Gasteiger partial charge in [-0.25, -0.2) is 0 Å². The molecule has 3 aliphatic heterocycles. The minimum Gasteiger partial charge on any atom is -0.454 e. The third-order valence-electron chi connectivity index (χ3n) is 6.60. The van der Waals surface area contributed by atoms with E-state index in [0.717, 1.165) is 60.8 Å². The molecule has 4 heterocycles. The summed E-state index contributed by atoms with van der Waals surface area (Å²) in [4.78, 5) is 14.4. The zero-order valence-electron chi connectivity index (χ0n) is 19.2. The largest absolute Gasteiger partial charge is 0.454 e. The van der Waals surface area contributed by atoms with E-state index in [9.17, 15) is 0 Å². The topological polar surface area (TPSA) is 74.8 Å². The Kier molecular flexibility index (Phi) is 6.66. The van der Waals surface area contributed by atoms with E-state index in [1.807, 2.05) is 18.2 Å². The Morgan fingerprint density at radius 1 is 0.970 bits per heavy atom. The molecule has 0 radical (unpaired) electrons. The molecular weight excluding hydrogens is 436 g/mol. The van der Waals surface area contributed by atoms with Crippen LogP contribution in [0.25, 0.3) is 0 Å². The summed E-state index contributed by atoms with van der Waals surface area (Å²) in [7, 11) is 0. The van der Waals surface area contributed by atoms with Crippen molar-refractivity contribution in [1.29, 1.82) is 0 Å². The standard InChI is InChI=1S/C24H32N6O2S/c1-17-7-11-30(12-8-17)22-14-21(29-9-3-2-4-10-29)26-23(27-22)28-24(33)25-15-18-5-6-19-20(13-18)32-16-31-19/h5-6,13-14,17H,2-4,7-12,15-16H2,1H3,(H2,25,26,27,28,33). The molecule has 0 atom stereocenters. The average molecular weight is 469 g/mol. The van der Waals surface area contributed by atoms with Gasteiger partial charge in [0.15, 0.2) is 16.6 Å². The molecule has 0 unspecified atom stereocenters. The number of piperidine rings is 2. The molecule has 176 valence electrons. The van der Waals surface area contributed by atoms with E-state index < -0.39 is 0 Å². The molecule has 2 N–H and O–H groups in total. The van der Waals surface area contributed by atoms with Gasteiger partial charge in [0, 0.05) is 38.8 Å². The predicted octanol–water partition coefficient (Wildman–Crippen LogP) is 3.92. The van der Waals surface area contributed by atoms with Crippen molar-refractivity contribution >= 4 is 34.9 Å². The van der Waals surface area contributed by atoms with Crippen LogP contribution in [0.4, 0.5) is 17.6 Å². The number of nitrogens with one attached hydrogen (secondary N) is 2. The van der Waals surface area contributed by atoms with Crippen molar-refractivity contribution in [2.24, 2.45) is 5.92 Å². The van der Waals surface area contributed by atoms with E-state index in [0.29, 0.717) is 17.6 Å². The van der Waals surface area contributed by atoms with Crippen molar-refractivity contribution in [3.05, 3.63) is 29.8 Å². The Morgan fingerprint density at radius 2 is 1.67 bits per heavy atom. The van der Waals surface area contributed by atoms with Crippen molar-refractivity contribution in [3.8, 4) is 11.5 Å². The monoisotopic (exact) mass is 468 g/mol. The first-order valence-corrected chi connectivity index (χ1v) is 12.4. The van der Waals surface area contributed by atoms with Crippen molar-refractivity contribution in [2.75, 3.05) is 48.1 Å². The third kappa shape index (κ3) is 5.40. The van der Waals surface area contributed by atoms with Crippen LogP contribution in [0.15, 0.2) is 24.3 Å². The number of anilines is 3. The van der Waals surface area contributed by atoms with Crippen LogP contribution in [0.1, 0.15) is 44.6 Å². The lowest BCUT2D eigenvalue weighted by atomic mass is 9.99. The predicted molar refractivity (Wildman–Crippen MR) is 134 cm³/mol. The van der Waals surface area contributed by atoms with E-state index >= 15 is 0 Å². The maximum atomic E-state index is 5.56. The fraction of sp³-hybridized carbons (Fsp3) is 0.542. The molecular formula is C24H32N6O2S. The summed E-state index contributed by atoms with van der Waals surface area (Å²) in [5, 5.41) is 6.98. The molecule has 5 rings (SSSR count). The van der Waals surface area contributed by atoms with E-state index in [1.165, 1.54) is 32.1 Å². The number of thiocarbonyl (C=S) groups is 1. The minimum atomic E-state index is 0.273. The quantitative estimate of drug-likeness (QED) is 0.635. The number of hydrogen-bond acceptors (Lipinski definition) is 7. The summed E-state index contributed by atoms with van der Waals surface area (Å²) >= 11 is 5.56. The second kappa shape index (κ2) is 9.99. The Bertz CT molecular complexity index is 989. The van der Waals surface area contributed by atoms with Crippen LogP contribution >= 0.6 is 12.2 Å². The molecule has 33 heavy (non-hydrogen) atoms. The first-order valence-electron chi connectivity index (χ1n) is 12.0. The first-order chi connectivity index (χ1) is 16.1. The summed E-state index contributed by atoms with van der Waals surface area (Å²) < 4.78 is 10.8. The smallest absolute Gasteiger partial charge is 0.232 e. The summed E-state index contributed by atoms with van der Waals surface area (Å²) in [6, 6.07) is 8.05. The highest BCUT2D eigenvalue weighted by atomic mass is 32.1. The van der Waals surface area contributed by atoms with Gasteiger partial charge in [-0.3, -0.25) is 0 Å². The Morgan fingerprint density at radius 3 is 2.42 bits per heavy atom. The maximum absolute atomic E-state index is 5.56. The van der Waals surface area contributed by atoms with Gasteiger partial charge >= 0.3 is 0 Å². The van der Waals surface area contributed by atoms with Crippen LogP contribution < -0.4 is 29.9 Å². The van der Waals surface area contributed by atoms with Crippen molar-refractivity contribution in [1.82, 2.24) is 15.3 Å². The third-order valence-corrected chi connectivity index (χ3v) is 6.85. The number of nitrogens with zero attached hydrogens (tertiary/aromatic N) is 4. The summed E-state index contributed by atoms with van der Waals surface area (Å²) in [6.45, 7) is 7.32. The van der Waals surface area contributed by atoms with Crippen LogP contribution in [-0.4, -0.2) is 48.1 Å². The van der Waals surface area contributed by atoms with Gasteiger partial charge in [0.2, 0.25) is 12.7 Å². The number of benzene rings is 1. The Balaban J connectivity index is 1.28. The van der Waals surface area contributed by atoms with Crippen LogP contribution in [0.3, 0.4) is 0 Å². The van der Waals surface area contributed by atoms with Gasteiger partial charge in [-0.05, 0) is 67.9 Å². The first kappa shape index (κ1) is 22.0. The maximum Gasteiger partial charge on any atom is 0.232 e. The second-order valence-corrected chi connectivity index (χ2v) is 9.53. The van der Waals surface area contributed by atoms with E-state index in [4.69, 9.17) is 31.7 Å². The summed E-state index contributed by atoms with van der Waals surface area (Å²) in [6.07, 6.45) is 6.09. The second-order valence-electron chi connectivity index (χ2n) is 9.12. The molecule has 9 heteroatoms. The number of fused-ring (bicyclic) bond motifs is 1. The summed E-state index contributed by atoms with van der Waals surface area (Å²) in [5.74, 6) is 4.84. The Labute approximate surface area is 200 Å². The van der Waals surface area contributed by atoms with Crippen molar-refractivity contribution in [3.63, 3.8) is 0 Å². The summed E-state index contributed by atoms with van der Waals surface area (Å²) in [5.41, 5.74) is 1.06. The van der Waals surface area contributed by atoms with E-state index in [-0.39, 0.29) is 6.79 Å². The fourth-order valence-corrected chi connectivity index (χ4v) is 4.71. The van der Waals surface area contributed by atoms with Crippen molar-refractivity contribution in [2.45, 2.75) is 45.6 Å². The molecule has 2 saturated heterocycles. The zero-order valence-corrected chi connectivity index (χ0v) is 20.0. The molecule has 1 aromatic carbocycles. The number of aromatic nitrogens is 2. The molecule has 3 aliphatic rings. The van der Waals surface area contributed by atoms with Crippen LogP contribution in [0.2, 0.25) is 0 Å². The van der Waals surface area contributed by atoms with Gasteiger partial charge in [0.1, 0.15) is 11.6 Å². The molecule has 0 aliphatic carbocycles. The lowest BCUT2D eigenvalue weighted by Crippen LogP contribution is -2.35. The molecule has 0 spiro atoms. The lowest BCUT2D eigenvalue weighted by molar-refractivity contribution is 0.174. The highest BCUT2D eigenvalue weighted by Crippen LogP contribution is 2.32. The molecule has 0 saturated carbocycles. The molecule has 0 amide bonds. The van der Waals surface area contributed by atoms with E-state index in [1.54, 1.807) is 0 Å². The highest BCUT2D eigenvalue weighted by Gasteiger charge is 2.21. The SMILES string of the molecule is CC1CCN(c2cc(N3CCCCC3)nc(NC(=S)NCc3ccc4c(c3)OCO4)n2)CC1. The van der Waals surface area contributed by atoms with Crippen molar-refractivity contribution < 1.29 is 9.47 Å². The Hall–Kier alpha value is -2.81. The van der Waals surface area contributed by atoms with Gasteiger partial charge < -0.3 is 29.9 Å². The molecule has 0 bridgehead atoms. The highest BCUT2D eigenvalue weighted by molar-refractivity contribution is 7.80. The van der Waals surface area contributed by atoms with Gasteiger partial charge in [-0.2, -0.15) is 9.97 Å². The van der Waals surface area contributed by atoms with Crippen LogP contribution in [-0.2, 0) is 6.54 Å². The van der Waals surface area contributed by atoms with Crippen LogP contribution in [0, 0.1) is 5.92 Å². The molecule has 1 aromatic heterocycles. The van der Waals surface area contributed by atoms with Gasteiger partial charge in [-0.15, -0.1) is 0 Å². The number of rotatable bonds is 5. The lowest BCUT2D eigenvalue weighted by Gasteiger charge is -2.33. The van der Waals surface area contributed by atoms with Gasteiger partial charge in [0.25, 0.3) is 0 Å². The minimum absolute atomic E-state index is 0.273. The van der Waals surface area contributed by atoms with Gasteiger partial charge in [0.05, 0.1) is 0 Å². The molecule has 2 aromatic rings. The number of hydrogen-bond donors (Lipinski definition) is 2.